The van der Waals surface area contributed by atoms with Crippen LogP contribution in [0.2, 0.25) is 0 Å². The first-order valence-corrected chi connectivity index (χ1v) is 8.39. The van der Waals surface area contributed by atoms with Gasteiger partial charge >= 0.3 is 5.97 Å². The Morgan fingerprint density at radius 3 is 2.88 bits per heavy atom. The minimum atomic E-state index is -0.985. The summed E-state index contributed by atoms with van der Waals surface area (Å²) in [5.41, 5.74) is 1.81. The van der Waals surface area contributed by atoms with Gasteiger partial charge in [-0.25, -0.2) is 4.79 Å². The summed E-state index contributed by atoms with van der Waals surface area (Å²) in [6, 6.07) is 3.51. The Bertz CT molecular complexity index is 643. The fourth-order valence-electron chi connectivity index (χ4n) is 2.55. The highest BCUT2D eigenvalue weighted by Gasteiger charge is 2.19. The van der Waals surface area contributed by atoms with Crippen LogP contribution in [0.15, 0.2) is 12.1 Å². The quantitative estimate of drug-likeness (QED) is 0.568. The van der Waals surface area contributed by atoms with Crippen molar-refractivity contribution in [3.63, 3.8) is 0 Å². The van der Waals surface area contributed by atoms with Crippen LogP contribution in [-0.2, 0) is 6.42 Å². The predicted molar refractivity (Wildman–Crippen MR) is 92.4 cm³/mol. The number of aliphatic hydroxyl groups is 1. The lowest BCUT2D eigenvalue weighted by Gasteiger charge is -2.13. The molecule has 0 bridgehead atoms. The Labute approximate surface area is 143 Å². The molecule has 2 rings (SSSR count). The van der Waals surface area contributed by atoms with Crippen LogP contribution in [0.5, 0.6) is 5.75 Å². The smallest absolute Gasteiger partial charge is 0.339 e. The van der Waals surface area contributed by atoms with Gasteiger partial charge in [0.2, 0.25) is 0 Å². The number of hydrogen-bond acceptors (Lipinski definition) is 4. The highest BCUT2D eigenvalue weighted by molar-refractivity contribution is 5.92. The molecule has 130 valence electrons. The second-order valence-electron chi connectivity index (χ2n) is 6.27. The van der Waals surface area contributed by atoms with Crippen molar-refractivity contribution in [1.82, 2.24) is 5.32 Å². The number of nitrogens with one attached hydrogen (secondary N) is 1. The van der Waals surface area contributed by atoms with Gasteiger partial charge in [-0.1, -0.05) is 18.8 Å². The van der Waals surface area contributed by atoms with Gasteiger partial charge in [-0.15, -0.1) is 0 Å². The van der Waals surface area contributed by atoms with Crippen LogP contribution in [0.1, 0.15) is 48.2 Å². The molecule has 0 amide bonds. The predicted octanol–water partition coefficient (Wildman–Crippen LogP) is 2.06. The first-order chi connectivity index (χ1) is 11.5. The molecule has 0 radical (unpaired) electrons. The second kappa shape index (κ2) is 8.72. The van der Waals surface area contributed by atoms with E-state index in [1.54, 1.807) is 13.0 Å². The third-order valence-corrected chi connectivity index (χ3v) is 4.22. The molecule has 0 aliphatic carbocycles. The monoisotopic (exact) mass is 331 g/mol. The lowest BCUT2D eigenvalue weighted by Crippen LogP contribution is -2.27. The zero-order chi connectivity index (χ0) is 17.5. The topological polar surface area (TPSA) is 78.8 Å². The SMILES string of the molecule is C[C@H](CNCC#Cc1cc2c(c(C(=O)O)c1)OCCCC2)[C@@H](C)O. The summed E-state index contributed by atoms with van der Waals surface area (Å²) in [5.74, 6) is 5.70. The van der Waals surface area contributed by atoms with Crippen molar-refractivity contribution in [1.29, 1.82) is 0 Å². The third kappa shape index (κ3) is 4.98. The molecule has 24 heavy (non-hydrogen) atoms. The summed E-state index contributed by atoms with van der Waals surface area (Å²) in [4.78, 5) is 11.5. The Morgan fingerprint density at radius 2 is 2.17 bits per heavy atom. The fraction of sp³-hybridized carbons (Fsp3) is 0.526. The summed E-state index contributed by atoms with van der Waals surface area (Å²) in [5, 5.41) is 22.0. The molecule has 0 unspecified atom stereocenters. The number of aliphatic hydroxyl groups excluding tert-OH is 1. The molecular weight excluding hydrogens is 306 g/mol. The maximum Gasteiger partial charge on any atom is 0.339 e. The number of hydrogen-bond donors (Lipinski definition) is 3. The lowest BCUT2D eigenvalue weighted by molar-refractivity contribution is 0.0692. The van der Waals surface area contributed by atoms with Crippen molar-refractivity contribution in [2.24, 2.45) is 5.92 Å². The van der Waals surface area contributed by atoms with E-state index in [1.165, 1.54) is 0 Å². The van der Waals surface area contributed by atoms with E-state index >= 15 is 0 Å². The number of fused-ring (bicyclic) bond motifs is 1. The fourth-order valence-corrected chi connectivity index (χ4v) is 2.55. The number of aryl methyl sites for hydroxylation is 1. The molecule has 5 nitrogen and oxygen atoms in total. The van der Waals surface area contributed by atoms with E-state index in [9.17, 15) is 15.0 Å². The van der Waals surface area contributed by atoms with Crippen LogP contribution in [0, 0.1) is 17.8 Å². The molecule has 1 heterocycles. The van der Waals surface area contributed by atoms with E-state index in [0.717, 1.165) is 24.8 Å². The van der Waals surface area contributed by atoms with Crippen molar-refractivity contribution in [2.45, 2.75) is 39.2 Å². The minimum absolute atomic E-state index is 0.162. The average molecular weight is 331 g/mol. The Balaban J connectivity index is 2.09. The second-order valence-corrected chi connectivity index (χ2v) is 6.27. The Kier molecular flexibility index (Phi) is 6.65. The van der Waals surface area contributed by atoms with Crippen LogP contribution in [0.25, 0.3) is 0 Å². The zero-order valence-electron chi connectivity index (χ0n) is 14.3. The number of rotatable bonds is 5. The molecule has 0 saturated heterocycles. The van der Waals surface area contributed by atoms with Gasteiger partial charge in [0.15, 0.2) is 0 Å². The molecule has 0 fully saturated rings. The molecule has 0 saturated carbocycles. The van der Waals surface area contributed by atoms with E-state index in [4.69, 9.17) is 4.74 Å². The summed E-state index contributed by atoms with van der Waals surface area (Å²) in [6.07, 6.45) is 2.38. The number of carbonyl (C=O) groups is 1. The first kappa shape index (κ1) is 18.3. The Hall–Kier alpha value is -2.03. The van der Waals surface area contributed by atoms with Crippen LogP contribution in [0.4, 0.5) is 0 Å². The molecule has 2 atom stereocenters. The number of ether oxygens (including phenoxy) is 1. The highest BCUT2D eigenvalue weighted by Crippen LogP contribution is 2.30. The van der Waals surface area contributed by atoms with Gasteiger partial charge in [-0.3, -0.25) is 0 Å². The zero-order valence-corrected chi connectivity index (χ0v) is 14.3. The van der Waals surface area contributed by atoms with Crippen molar-refractivity contribution >= 4 is 5.97 Å². The van der Waals surface area contributed by atoms with Gasteiger partial charge in [-0.05, 0) is 49.8 Å². The average Bonchev–Trinajstić information content (AvgIpc) is 2.78. The minimum Gasteiger partial charge on any atom is -0.492 e. The van der Waals surface area contributed by atoms with Gasteiger partial charge in [0, 0.05) is 12.1 Å². The number of benzene rings is 1. The summed E-state index contributed by atoms with van der Waals surface area (Å²) in [7, 11) is 0. The number of aromatic carboxylic acids is 1. The van der Waals surface area contributed by atoms with Crippen LogP contribution in [-0.4, -0.2) is 42.0 Å². The van der Waals surface area contributed by atoms with Crippen molar-refractivity contribution < 1.29 is 19.7 Å². The lowest BCUT2D eigenvalue weighted by atomic mass is 10.0. The largest absolute Gasteiger partial charge is 0.492 e. The van der Waals surface area contributed by atoms with Gasteiger partial charge in [0.25, 0.3) is 0 Å². The molecule has 0 aromatic heterocycles. The van der Waals surface area contributed by atoms with Crippen molar-refractivity contribution in [2.75, 3.05) is 19.7 Å². The molecule has 1 aromatic rings. The van der Waals surface area contributed by atoms with Crippen LogP contribution in [0.3, 0.4) is 0 Å². The molecule has 1 aliphatic rings. The van der Waals surface area contributed by atoms with Gasteiger partial charge in [0.1, 0.15) is 11.3 Å². The molecule has 3 N–H and O–H groups in total. The Morgan fingerprint density at radius 1 is 1.38 bits per heavy atom. The van der Waals surface area contributed by atoms with Gasteiger partial charge in [-0.2, -0.15) is 0 Å². The van der Waals surface area contributed by atoms with Gasteiger partial charge < -0.3 is 20.3 Å². The summed E-state index contributed by atoms with van der Waals surface area (Å²) < 4.78 is 5.62. The standard InChI is InChI=1S/C19H25NO4/c1-13(14(2)21)12-20-8-5-6-15-10-16-7-3-4-9-24-18(16)17(11-15)19(22)23/h10-11,13-14,20-21H,3-4,7-9,12H2,1-2H3,(H,22,23)/t13-,14-/m1/s1. The normalized spacial score (nSPS) is 16.0. The molecule has 1 aliphatic heterocycles. The highest BCUT2D eigenvalue weighted by atomic mass is 16.5. The number of carboxylic acids is 1. The van der Waals surface area contributed by atoms with E-state index in [-0.39, 0.29) is 17.6 Å². The van der Waals surface area contributed by atoms with E-state index in [2.05, 4.69) is 17.2 Å². The van der Waals surface area contributed by atoms with Crippen LogP contribution >= 0.6 is 0 Å². The van der Waals surface area contributed by atoms with Crippen molar-refractivity contribution in [3.8, 4) is 17.6 Å². The molecule has 0 spiro atoms. The van der Waals surface area contributed by atoms with Crippen molar-refractivity contribution in [3.05, 3.63) is 28.8 Å². The maximum absolute atomic E-state index is 11.5. The van der Waals surface area contributed by atoms with E-state index in [0.29, 0.717) is 31.0 Å². The van der Waals surface area contributed by atoms with E-state index in [1.807, 2.05) is 13.0 Å². The third-order valence-electron chi connectivity index (χ3n) is 4.22. The number of carboxylic acid groups (broad SMARTS) is 1. The maximum atomic E-state index is 11.5. The van der Waals surface area contributed by atoms with E-state index < -0.39 is 5.97 Å². The van der Waals surface area contributed by atoms with Crippen LogP contribution < -0.4 is 10.1 Å². The molecular formula is C19H25NO4. The summed E-state index contributed by atoms with van der Waals surface area (Å²) >= 11 is 0. The molecule has 1 aromatic carbocycles. The first-order valence-electron chi connectivity index (χ1n) is 8.39. The molecule has 5 heteroatoms. The van der Waals surface area contributed by atoms with Gasteiger partial charge in [0.05, 0.1) is 19.3 Å². The summed E-state index contributed by atoms with van der Waals surface area (Å²) in [6.45, 7) is 5.47.